The summed E-state index contributed by atoms with van der Waals surface area (Å²) in [7, 11) is -3.49. The van der Waals surface area contributed by atoms with Crippen LogP contribution in [0.15, 0.2) is 76.3 Å². The van der Waals surface area contributed by atoms with Crippen LogP contribution in [-0.2, 0) is 10.0 Å². The van der Waals surface area contributed by atoms with Gasteiger partial charge in [0.1, 0.15) is 4.21 Å². The van der Waals surface area contributed by atoms with Crippen molar-refractivity contribution in [1.82, 2.24) is 9.21 Å². The molecule has 2 saturated heterocycles. The zero-order valence-corrected chi connectivity index (χ0v) is 19.5. The highest BCUT2D eigenvalue weighted by Crippen LogP contribution is 2.43. The number of nitrogens with zero attached hydrogens (tertiary/aromatic N) is 2. The summed E-state index contributed by atoms with van der Waals surface area (Å²) < 4.78 is 28.6. The number of aliphatic hydroxyl groups excluding tert-OH is 1. The Morgan fingerprint density at radius 2 is 1.62 bits per heavy atom. The Bertz CT molecular complexity index is 1130. The number of hydrogen-bond donors (Lipinski definition) is 1. The van der Waals surface area contributed by atoms with Gasteiger partial charge in [-0.05, 0) is 47.5 Å². The maximum atomic E-state index is 13.3. The van der Waals surface area contributed by atoms with Crippen LogP contribution >= 0.6 is 11.3 Å². The lowest BCUT2D eigenvalue weighted by atomic mass is 9.74. The van der Waals surface area contributed by atoms with Gasteiger partial charge in [0.05, 0.1) is 6.61 Å². The maximum Gasteiger partial charge on any atom is 0.252 e. The summed E-state index contributed by atoms with van der Waals surface area (Å²) in [4.78, 5) is 2.31. The van der Waals surface area contributed by atoms with Gasteiger partial charge in [-0.15, -0.1) is 11.3 Å². The van der Waals surface area contributed by atoms with Crippen molar-refractivity contribution >= 4 is 21.4 Å². The lowest BCUT2D eigenvalue weighted by Gasteiger charge is -2.57. The number of rotatable bonds is 5. The molecule has 2 aliphatic rings. The van der Waals surface area contributed by atoms with Crippen molar-refractivity contribution in [3.63, 3.8) is 0 Å². The van der Waals surface area contributed by atoms with Gasteiger partial charge in [-0.25, -0.2) is 8.42 Å². The molecule has 5 nitrogen and oxygen atoms in total. The Hall–Kier alpha value is -2.03. The minimum Gasteiger partial charge on any atom is -0.395 e. The lowest BCUT2D eigenvalue weighted by Crippen LogP contribution is -2.67. The molecule has 1 aromatic heterocycles. The average molecular weight is 469 g/mol. The van der Waals surface area contributed by atoms with Crippen molar-refractivity contribution in [2.45, 2.75) is 35.1 Å². The molecule has 2 aliphatic heterocycles. The summed E-state index contributed by atoms with van der Waals surface area (Å²) in [6.07, 6.45) is 1.77. The minimum absolute atomic E-state index is 0.0342. The van der Waals surface area contributed by atoms with E-state index in [1.807, 2.05) is 23.6 Å². The first-order chi connectivity index (χ1) is 15.6. The topological polar surface area (TPSA) is 60.9 Å². The van der Waals surface area contributed by atoms with Crippen molar-refractivity contribution in [2.24, 2.45) is 0 Å². The molecule has 168 valence electrons. The second-order valence-electron chi connectivity index (χ2n) is 8.57. The van der Waals surface area contributed by atoms with E-state index in [0.717, 1.165) is 24.9 Å². The molecule has 3 heterocycles. The Labute approximate surface area is 194 Å². The predicted molar refractivity (Wildman–Crippen MR) is 128 cm³/mol. The molecule has 0 saturated carbocycles. The summed E-state index contributed by atoms with van der Waals surface area (Å²) in [5, 5.41) is 12.0. The molecule has 32 heavy (non-hydrogen) atoms. The van der Waals surface area contributed by atoms with E-state index in [2.05, 4.69) is 41.3 Å². The zero-order chi connectivity index (χ0) is 22.1. The van der Waals surface area contributed by atoms with Crippen LogP contribution in [0.3, 0.4) is 0 Å². The Kier molecular flexibility index (Phi) is 6.18. The Morgan fingerprint density at radius 3 is 2.31 bits per heavy atom. The van der Waals surface area contributed by atoms with E-state index < -0.39 is 10.0 Å². The summed E-state index contributed by atoms with van der Waals surface area (Å²) in [6.45, 7) is 2.00. The summed E-state index contributed by atoms with van der Waals surface area (Å²) in [5.41, 5.74) is 3.50. The van der Waals surface area contributed by atoms with Gasteiger partial charge in [0.15, 0.2) is 0 Å². The summed E-state index contributed by atoms with van der Waals surface area (Å²) in [5.74, 6) is 0.115. The van der Waals surface area contributed by atoms with Crippen molar-refractivity contribution in [2.75, 3.05) is 26.2 Å². The first kappa shape index (κ1) is 21.8. The van der Waals surface area contributed by atoms with Crippen LogP contribution in [0.1, 0.15) is 24.3 Å². The molecular formula is C25H28N2O3S2. The molecule has 3 aromatic rings. The fraction of sp³-hybridized carbons (Fsp3) is 0.360. The van der Waals surface area contributed by atoms with Gasteiger partial charge in [-0.1, -0.05) is 60.7 Å². The summed E-state index contributed by atoms with van der Waals surface area (Å²) in [6, 6.07) is 22.4. The normalized spacial score (nSPS) is 24.8. The first-order valence-electron chi connectivity index (χ1n) is 11.2. The fourth-order valence-electron chi connectivity index (χ4n) is 5.19. The minimum atomic E-state index is -3.49. The van der Waals surface area contributed by atoms with Gasteiger partial charge in [0, 0.05) is 31.1 Å². The fourth-order valence-corrected chi connectivity index (χ4v) is 7.83. The van der Waals surface area contributed by atoms with Crippen LogP contribution < -0.4 is 0 Å². The number of hydrogen-bond acceptors (Lipinski definition) is 5. The van der Waals surface area contributed by atoms with Gasteiger partial charge in [-0.2, -0.15) is 4.31 Å². The number of thiophene rings is 1. The predicted octanol–water partition coefficient (Wildman–Crippen LogP) is 4.03. The molecule has 2 fully saturated rings. The smallest absolute Gasteiger partial charge is 0.252 e. The molecule has 0 unspecified atom stereocenters. The van der Waals surface area contributed by atoms with Crippen LogP contribution in [0, 0.1) is 0 Å². The molecule has 0 spiro atoms. The van der Waals surface area contributed by atoms with Gasteiger partial charge < -0.3 is 5.11 Å². The molecule has 0 aliphatic carbocycles. The maximum absolute atomic E-state index is 13.3. The molecule has 0 amide bonds. The van der Waals surface area contributed by atoms with Crippen molar-refractivity contribution in [1.29, 1.82) is 0 Å². The van der Waals surface area contributed by atoms with E-state index >= 15 is 0 Å². The van der Waals surface area contributed by atoms with Crippen molar-refractivity contribution in [3.8, 4) is 11.1 Å². The average Bonchev–Trinajstić information content (AvgIpc) is 3.35. The van der Waals surface area contributed by atoms with Gasteiger partial charge in [0.2, 0.25) is 0 Å². The van der Waals surface area contributed by atoms with Crippen molar-refractivity contribution < 1.29 is 13.5 Å². The van der Waals surface area contributed by atoms with Crippen LogP contribution in [-0.4, -0.2) is 61.1 Å². The highest BCUT2D eigenvalue weighted by atomic mass is 32.2. The van der Waals surface area contributed by atoms with E-state index in [1.54, 1.807) is 16.4 Å². The van der Waals surface area contributed by atoms with Crippen molar-refractivity contribution in [3.05, 3.63) is 77.7 Å². The van der Waals surface area contributed by atoms with E-state index in [0.29, 0.717) is 17.3 Å². The molecule has 3 atom stereocenters. The van der Waals surface area contributed by atoms with Crippen LogP contribution in [0.25, 0.3) is 11.1 Å². The van der Waals surface area contributed by atoms with Gasteiger partial charge in [0.25, 0.3) is 10.0 Å². The Morgan fingerprint density at radius 1 is 0.906 bits per heavy atom. The second-order valence-corrected chi connectivity index (χ2v) is 11.7. The molecule has 2 aromatic carbocycles. The third-order valence-electron chi connectivity index (χ3n) is 6.82. The number of benzene rings is 2. The third kappa shape index (κ3) is 3.93. The Balaban J connectivity index is 1.42. The van der Waals surface area contributed by atoms with E-state index in [9.17, 15) is 13.5 Å². The highest BCUT2D eigenvalue weighted by molar-refractivity contribution is 7.91. The van der Waals surface area contributed by atoms with Crippen LogP contribution in [0.4, 0.5) is 0 Å². The lowest BCUT2D eigenvalue weighted by molar-refractivity contribution is -0.0553. The molecule has 7 heteroatoms. The zero-order valence-electron chi connectivity index (χ0n) is 17.9. The van der Waals surface area contributed by atoms with E-state index in [-0.39, 0.29) is 24.6 Å². The quantitative estimate of drug-likeness (QED) is 0.614. The molecule has 1 N–H and O–H groups in total. The SMILES string of the molecule is O=S(=O)(c1cccs1)N1CCCCN2[C@H](CO)[C@H](c3ccc(-c4ccccc4)cc3)[C@H]2C1. The largest absolute Gasteiger partial charge is 0.395 e. The molecule has 5 rings (SSSR count). The monoisotopic (exact) mass is 468 g/mol. The molecule has 0 radical (unpaired) electrons. The highest BCUT2D eigenvalue weighted by Gasteiger charge is 2.50. The van der Waals surface area contributed by atoms with E-state index in [1.165, 1.54) is 22.5 Å². The number of aliphatic hydroxyl groups is 1. The summed E-state index contributed by atoms with van der Waals surface area (Å²) >= 11 is 1.27. The standard InChI is InChI=1S/C25H28N2O3S2/c28-18-23-25(21-12-10-20(11-13-21)19-7-2-1-3-8-19)22-17-26(14-4-5-15-27(22)23)32(29,30)24-9-6-16-31-24/h1-3,6-13,16,22-23,25,28H,4-5,14-15,17-18H2/t22-,23-,25-/m1/s1. The third-order valence-corrected chi connectivity index (χ3v) is 10.1. The second kappa shape index (κ2) is 9.08. The number of fused-ring (bicyclic) bond motifs is 1. The molecular weight excluding hydrogens is 440 g/mol. The van der Waals surface area contributed by atoms with Crippen LogP contribution in [0.2, 0.25) is 0 Å². The van der Waals surface area contributed by atoms with Gasteiger partial charge in [-0.3, -0.25) is 4.90 Å². The van der Waals surface area contributed by atoms with Gasteiger partial charge >= 0.3 is 0 Å². The number of sulfonamides is 1. The van der Waals surface area contributed by atoms with E-state index in [4.69, 9.17) is 0 Å². The van der Waals surface area contributed by atoms with Crippen LogP contribution in [0.5, 0.6) is 0 Å². The first-order valence-corrected chi connectivity index (χ1v) is 13.5. The molecule has 0 bridgehead atoms.